The molecule has 8 nitrogen and oxygen atoms in total. The van der Waals surface area contributed by atoms with E-state index in [-0.39, 0.29) is 11.8 Å². The minimum Gasteiger partial charge on any atom is -0.493 e. The second-order valence-corrected chi connectivity index (χ2v) is 8.91. The van der Waals surface area contributed by atoms with Gasteiger partial charge < -0.3 is 25.0 Å². The van der Waals surface area contributed by atoms with Crippen LogP contribution in [0.15, 0.2) is 66.7 Å². The SMILES string of the molecule is CCN(CC)CC(=O)N(C)c1ccc(N/C(=C2\C(=O)Nc3cc(OC)c(OC)cc32)c2ccccc2)cc1. The van der Waals surface area contributed by atoms with Gasteiger partial charge in [-0.15, -0.1) is 0 Å². The zero-order valence-electron chi connectivity index (χ0n) is 22.5. The van der Waals surface area contributed by atoms with Gasteiger partial charge in [0.2, 0.25) is 5.91 Å². The van der Waals surface area contributed by atoms with E-state index >= 15 is 0 Å². The second-order valence-electron chi connectivity index (χ2n) is 8.91. The Hall–Kier alpha value is -4.30. The summed E-state index contributed by atoms with van der Waals surface area (Å²) in [6.45, 7) is 6.12. The van der Waals surface area contributed by atoms with Gasteiger partial charge in [0, 0.05) is 30.1 Å². The number of ether oxygens (including phenoxy) is 2. The van der Waals surface area contributed by atoms with Gasteiger partial charge in [-0.2, -0.15) is 0 Å². The van der Waals surface area contributed by atoms with E-state index in [2.05, 4.69) is 15.5 Å². The fourth-order valence-corrected chi connectivity index (χ4v) is 4.43. The van der Waals surface area contributed by atoms with Crippen LogP contribution in [-0.2, 0) is 9.59 Å². The topological polar surface area (TPSA) is 83.1 Å². The molecule has 3 aromatic carbocycles. The van der Waals surface area contributed by atoms with Crippen molar-refractivity contribution in [2.75, 3.05) is 56.4 Å². The van der Waals surface area contributed by atoms with Crippen molar-refractivity contribution in [2.45, 2.75) is 13.8 Å². The zero-order chi connectivity index (χ0) is 27.2. The Bertz CT molecular complexity index is 1330. The monoisotopic (exact) mass is 514 g/mol. The number of methoxy groups -OCH3 is 2. The number of rotatable bonds is 10. The molecule has 0 atom stereocenters. The third-order valence-corrected chi connectivity index (χ3v) is 6.73. The third kappa shape index (κ3) is 5.50. The highest BCUT2D eigenvalue weighted by molar-refractivity contribution is 6.37. The van der Waals surface area contributed by atoms with Gasteiger partial charge in [-0.25, -0.2) is 0 Å². The van der Waals surface area contributed by atoms with E-state index in [1.54, 1.807) is 32.2 Å². The lowest BCUT2D eigenvalue weighted by molar-refractivity contribution is -0.119. The maximum Gasteiger partial charge on any atom is 0.258 e. The first-order valence-electron chi connectivity index (χ1n) is 12.6. The molecule has 1 aliphatic heterocycles. The first-order valence-corrected chi connectivity index (χ1v) is 12.6. The lowest BCUT2D eigenvalue weighted by Crippen LogP contribution is -2.38. The van der Waals surface area contributed by atoms with E-state index in [4.69, 9.17) is 9.47 Å². The van der Waals surface area contributed by atoms with Crippen LogP contribution in [0.3, 0.4) is 0 Å². The molecule has 0 spiro atoms. The molecule has 0 unspecified atom stereocenters. The number of carbonyl (C=O) groups excluding carboxylic acids is 2. The van der Waals surface area contributed by atoms with Gasteiger partial charge in [-0.05, 0) is 49.0 Å². The Kier molecular flexibility index (Phi) is 8.33. The van der Waals surface area contributed by atoms with Crippen LogP contribution < -0.4 is 25.0 Å². The summed E-state index contributed by atoms with van der Waals surface area (Å²) in [5.41, 5.74) is 4.97. The van der Waals surface area contributed by atoms with Crippen LogP contribution in [0.4, 0.5) is 17.1 Å². The van der Waals surface area contributed by atoms with Crippen molar-refractivity contribution in [2.24, 2.45) is 0 Å². The number of hydrogen-bond donors (Lipinski definition) is 2. The molecule has 0 saturated heterocycles. The molecule has 38 heavy (non-hydrogen) atoms. The van der Waals surface area contributed by atoms with Crippen LogP contribution in [0.2, 0.25) is 0 Å². The maximum atomic E-state index is 13.3. The summed E-state index contributed by atoms with van der Waals surface area (Å²) in [4.78, 5) is 29.7. The smallest absolute Gasteiger partial charge is 0.258 e. The molecule has 0 aromatic heterocycles. The molecule has 2 N–H and O–H groups in total. The van der Waals surface area contributed by atoms with Crippen LogP contribution in [0, 0.1) is 0 Å². The number of hydrogen-bond acceptors (Lipinski definition) is 6. The van der Waals surface area contributed by atoms with Crippen molar-refractivity contribution < 1.29 is 19.1 Å². The molecule has 1 aliphatic rings. The van der Waals surface area contributed by atoms with Crippen LogP contribution >= 0.6 is 0 Å². The second kappa shape index (κ2) is 11.8. The fourth-order valence-electron chi connectivity index (χ4n) is 4.43. The van der Waals surface area contributed by atoms with Crippen LogP contribution in [0.1, 0.15) is 25.0 Å². The third-order valence-electron chi connectivity index (χ3n) is 6.73. The molecule has 0 radical (unpaired) electrons. The molecule has 0 saturated carbocycles. The molecule has 0 fully saturated rings. The molecule has 0 aliphatic carbocycles. The summed E-state index contributed by atoms with van der Waals surface area (Å²) in [6, 6.07) is 20.9. The van der Waals surface area contributed by atoms with E-state index < -0.39 is 0 Å². The van der Waals surface area contributed by atoms with Gasteiger partial charge in [-0.1, -0.05) is 44.2 Å². The highest BCUT2D eigenvalue weighted by Gasteiger charge is 2.30. The van der Waals surface area contributed by atoms with Gasteiger partial charge in [0.25, 0.3) is 5.91 Å². The van der Waals surface area contributed by atoms with Gasteiger partial charge in [0.1, 0.15) is 0 Å². The van der Waals surface area contributed by atoms with Gasteiger partial charge in [0.05, 0.1) is 37.7 Å². The number of benzene rings is 3. The highest BCUT2D eigenvalue weighted by Crippen LogP contribution is 2.43. The molecule has 2 amide bonds. The predicted octanol–water partition coefficient (Wildman–Crippen LogP) is 4.94. The first kappa shape index (κ1) is 26.8. The van der Waals surface area contributed by atoms with E-state index in [9.17, 15) is 9.59 Å². The molecule has 0 bridgehead atoms. The average Bonchev–Trinajstić information content (AvgIpc) is 3.28. The van der Waals surface area contributed by atoms with E-state index in [0.717, 1.165) is 35.6 Å². The normalized spacial score (nSPS) is 13.6. The number of likely N-dealkylation sites (N-methyl/N-ethyl adjacent to an activating group) is 2. The molecular formula is C30H34N4O4. The molecule has 3 aromatic rings. The summed E-state index contributed by atoms with van der Waals surface area (Å²) in [7, 11) is 4.92. The molecule has 4 rings (SSSR count). The van der Waals surface area contributed by atoms with E-state index in [1.165, 1.54) is 0 Å². The number of carbonyl (C=O) groups is 2. The first-order chi connectivity index (χ1) is 18.4. The standard InChI is InChI=1S/C30H34N4O4/c1-6-34(7-2)19-27(35)33(3)22-15-13-21(14-16-22)31-29(20-11-9-8-10-12-20)28-23-17-25(37-4)26(38-5)18-24(23)32-30(28)36/h8-18,31H,6-7,19H2,1-5H3,(H,32,36)/b29-28-. The average molecular weight is 515 g/mol. The lowest BCUT2D eigenvalue weighted by atomic mass is 9.99. The van der Waals surface area contributed by atoms with E-state index in [0.29, 0.717) is 35.0 Å². The Morgan fingerprint density at radius 2 is 1.55 bits per heavy atom. The summed E-state index contributed by atoms with van der Waals surface area (Å²) in [5, 5.41) is 6.41. The zero-order valence-corrected chi connectivity index (χ0v) is 22.5. The predicted molar refractivity (Wildman–Crippen MR) is 153 cm³/mol. The fraction of sp³-hybridized carbons (Fsp3) is 0.267. The Balaban J connectivity index is 1.69. The quantitative estimate of drug-likeness (QED) is 0.373. The van der Waals surface area contributed by atoms with Crippen molar-refractivity contribution in [3.8, 4) is 11.5 Å². The van der Waals surface area contributed by atoms with Gasteiger partial charge in [0.15, 0.2) is 11.5 Å². The minimum absolute atomic E-state index is 0.0325. The minimum atomic E-state index is -0.222. The Labute approximate surface area is 223 Å². The highest BCUT2D eigenvalue weighted by atomic mass is 16.5. The van der Waals surface area contributed by atoms with Crippen molar-refractivity contribution >= 4 is 40.1 Å². The summed E-state index contributed by atoms with van der Waals surface area (Å²) < 4.78 is 10.9. The van der Waals surface area contributed by atoms with Crippen molar-refractivity contribution in [1.82, 2.24) is 4.90 Å². The number of anilines is 3. The van der Waals surface area contributed by atoms with E-state index in [1.807, 2.05) is 74.5 Å². The van der Waals surface area contributed by atoms with Crippen LogP contribution in [0.5, 0.6) is 11.5 Å². The number of nitrogens with zero attached hydrogens (tertiary/aromatic N) is 2. The van der Waals surface area contributed by atoms with Crippen molar-refractivity contribution in [1.29, 1.82) is 0 Å². The Morgan fingerprint density at radius 1 is 0.921 bits per heavy atom. The summed E-state index contributed by atoms with van der Waals surface area (Å²) in [5.74, 6) is 0.886. The van der Waals surface area contributed by atoms with Gasteiger partial charge in [-0.3, -0.25) is 14.5 Å². The largest absolute Gasteiger partial charge is 0.493 e. The van der Waals surface area contributed by atoms with Gasteiger partial charge >= 0.3 is 0 Å². The van der Waals surface area contributed by atoms with Crippen LogP contribution in [0.25, 0.3) is 11.3 Å². The molecule has 198 valence electrons. The number of amides is 2. The Morgan fingerprint density at radius 3 is 2.16 bits per heavy atom. The van der Waals surface area contributed by atoms with Crippen molar-refractivity contribution in [3.63, 3.8) is 0 Å². The number of fused-ring (bicyclic) bond motifs is 1. The summed E-state index contributed by atoms with van der Waals surface area (Å²) in [6.07, 6.45) is 0. The number of nitrogens with one attached hydrogen (secondary N) is 2. The molecule has 8 heteroatoms. The van der Waals surface area contributed by atoms with Crippen molar-refractivity contribution in [3.05, 3.63) is 77.9 Å². The maximum absolute atomic E-state index is 13.3. The summed E-state index contributed by atoms with van der Waals surface area (Å²) >= 11 is 0. The molecule has 1 heterocycles. The molecular weight excluding hydrogens is 480 g/mol. The lowest BCUT2D eigenvalue weighted by Gasteiger charge is -2.23. The van der Waals surface area contributed by atoms with Crippen LogP contribution in [-0.4, -0.2) is 57.6 Å².